The van der Waals surface area contributed by atoms with Crippen LogP contribution in [0.15, 0.2) is 48.5 Å². The molecule has 3 aliphatic rings. The van der Waals surface area contributed by atoms with Gasteiger partial charge in [0.25, 0.3) is 5.91 Å². The van der Waals surface area contributed by atoms with Crippen LogP contribution in [0.4, 0.5) is 4.39 Å². The molecule has 3 aliphatic heterocycles. The van der Waals surface area contributed by atoms with Gasteiger partial charge in [0.2, 0.25) is 5.91 Å². The Morgan fingerprint density at radius 3 is 2.49 bits per heavy atom. The van der Waals surface area contributed by atoms with Crippen LogP contribution in [0.3, 0.4) is 0 Å². The molecule has 3 fully saturated rings. The smallest absolute Gasteiger partial charge is 0.254 e. The molecule has 2 aromatic rings. The number of carbonyl (C=O) groups is 2. The fourth-order valence-electron chi connectivity index (χ4n) is 5.71. The number of benzene rings is 2. The van der Waals surface area contributed by atoms with Crippen molar-refractivity contribution in [2.24, 2.45) is 0 Å². The minimum atomic E-state index is -0.536. The highest BCUT2D eigenvalue weighted by Crippen LogP contribution is 2.29. The zero-order valence-corrected chi connectivity index (χ0v) is 21.6. The molecule has 3 unspecified atom stereocenters. The van der Waals surface area contributed by atoms with Gasteiger partial charge in [-0.2, -0.15) is 0 Å². The van der Waals surface area contributed by atoms with Crippen LogP contribution in [0.5, 0.6) is 0 Å². The maximum absolute atomic E-state index is 13.7. The fraction of sp³-hybridized carbons (Fsp3) is 0.517. The summed E-state index contributed by atoms with van der Waals surface area (Å²) in [4.78, 5) is 33.3. The van der Waals surface area contributed by atoms with Crippen molar-refractivity contribution in [2.45, 2.75) is 50.9 Å². The molecule has 2 amide bonds. The van der Waals surface area contributed by atoms with Crippen LogP contribution in [0.2, 0.25) is 0 Å². The number of aryl methyl sites for hydroxylation is 1. The van der Waals surface area contributed by atoms with E-state index in [0.717, 1.165) is 45.6 Å². The van der Waals surface area contributed by atoms with Crippen molar-refractivity contribution in [2.75, 3.05) is 45.9 Å². The van der Waals surface area contributed by atoms with E-state index in [1.54, 1.807) is 4.90 Å². The predicted octanol–water partition coefficient (Wildman–Crippen LogP) is 2.83. The van der Waals surface area contributed by atoms with Crippen molar-refractivity contribution < 1.29 is 18.7 Å². The van der Waals surface area contributed by atoms with Gasteiger partial charge >= 0.3 is 0 Å². The van der Waals surface area contributed by atoms with Gasteiger partial charge in [0.15, 0.2) is 0 Å². The van der Waals surface area contributed by atoms with E-state index >= 15 is 0 Å². The highest BCUT2D eigenvalue weighted by atomic mass is 19.1. The quantitative estimate of drug-likeness (QED) is 0.623. The fourth-order valence-corrected chi connectivity index (χ4v) is 5.71. The average Bonchev–Trinajstić information content (AvgIpc) is 3.60. The highest BCUT2D eigenvalue weighted by Gasteiger charge is 2.44. The van der Waals surface area contributed by atoms with Crippen molar-refractivity contribution in [1.82, 2.24) is 20.0 Å². The molecular formula is C29H37FN4O3. The summed E-state index contributed by atoms with van der Waals surface area (Å²) >= 11 is 0. The van der Waals surface area contributed by atoms with Crippen molar-refractivity contribution in [3.63, 3.8) is 0 Å². The maximum atomic E-state index is 13.7. The van der Waals surface area contributed by atoms with Crippen molar-refractivity contribution in [1.29, 1.82) is 0 Å². The normalized spacial score (nSPS) is 24.1. The van der Waals surface area contributed by atoms with E-state index in [1.165, 1.54) is 35.4 Å². The van der Waals surface area contributed by atoms with Crippen molar-refractivity contribution in [3.05, 3.63) is 71.0 Å². The number of hydrogen-bond donors (Lipinski definition) is 1. The SMILES string of the molecule is Cc1ccc(CN(CC2CCCO2)C2CC(C(=O)N3CCNCC3)N(C(=O)c3ccc(F)cc3)C2)cc1. The second kappa shape index (κ2) is 11.7. The summed E-state index contributed by atoms with van der Waals surface area (Å²) in [5, 5.41) is 3.29. The number of hydrogen-bond acceptors (Lipinski definition) is 5. The summed E-state index contributed by atoms with van der Waals surface area (Å²) in [6, 6.07) is 13.6. The zero-order valence-electron chi connectivity index (χ0n) is 21.6. The van der Waals surface area contributed by atoms with Gasteiger partial charge in [0.1, 0.15) is 11.9 Å². The first-order chi connectivity index (χ1) is 18.0. The molecule has 198 valence electrons. The summed E-state index contributed by atoms with van der Waals surface area (Å²) in [7, 11) is 0. The monoisotopic (exact) mass is 508 g/mol. The van der Waals surface area contributed by atoms with Gasteiger partial charge in [0.05, 0.1) is 6.10 Å². The summed E-state index contributed by atoms with van der Waals surface area (Å²) in [6.07, 6.45) is 2.83. The van der Waals surface area contributed by atoms with Gasteiger partial charge in [-0.1, -0.05) is 29.8 Å². The molecule has 0 bridgehead atoms. The minimum Gasteiger partial charge on any atom is -0.377 e. The molecule has 0 aromatic heterocycles. The third-order valence-electron chi connectivity index (χ3n) is 7.83. The zero-order chi connectivity index (χ0) is 25.8. The molecule has 1 N–H and O–H groups in total. The average molecular weight is 509 g/mol. The number of nitrogens with zero attached hydrogens (tertiary/aromatic N) is 3. The number of halogens is 1. The van der Waals surface area contributed by atoms with Crippen molar-refractivity contribution in [3.8, 4) is 0 Å². The number of piperazine rings is 1. The topological polar surface area (TPSA) is 65.1 Å². The molecule has 0 aliphatic carbocycles. The molecule has 7 nitrogen and oxygen atoms in total. The first-order valence-electron chi connectivity index (χ1n) is 13.4. The van der Waals surface area contributed by atoms with Gasteiger partial charge < -0.3 is 19.9 Å². The van der Waals surface area contributed by atoms with Crippen molar-refractivity contribution >= 4 is 11.8 Å². The van der Waals surface area contributed by atoms with Gasteiger partial charge in [-0.15, -0.1) is 0 Å². The Morgan fingerprint density at radius 2 is 1.81 bits per heavy atom. The molecule has 0 radical (unpaired) electrons. The molecule has 5 rings (SSSR count). The van der Waals surface area contributed by atoms with E-state index in [1.807, 2.05) is 4.90 Å². The summed E-state index contributed by atoms with van der Waals surface area (Å²) < 4.78 is 19.5. The maximum Gasteiger partial charge on any atom is 0.254 e. The van der Waals surface area contributed by atoms with E-state index in [9.17, 15) is 14.0 Å². The standard InChI is InChI=1S/C29H37FN4O3/c1-21-4-6-22(7-5-21)18-33(20-26-3-2-16-37-26)25-17-27(29(36)32-14-12-31-13-15-32)34(19-25)28(35)23-8-10-24(30)11-9-23/h4-11,25-27,31H,2-3,12-20H2,1H3. The lowest BCUT2D eigenvalue weighted by atomic mass is 10.1. The first kappa shape index (κ1) is 25.8. The van der Waals surface area contributed by atoms with E-state index in [2.05, 4.69) is 41.4 Å². The molecule has 3 heterocycles. The van der Waals surface area contributed by atoms with Gasteiger partial charge in [-0.05, 0) is 56.0 Å². The van der Waals surface area contributed by atoms with Crippen LogP contribution < -0.4 is 5.32 Å². The van der Waals surface area contributed by atoms with E-state index in [0.29, 0.717) is 31.6 Å². The number of likely N-dealkylation sites (tertiary alicyclic amines) is 1. The minimum absolute atomic E-state index is 0.00636. The van der Waals surface area contributed by atoms with Crippen LogP contribution in [-0.2, 0) is 16.1 Å². The third kappa shape index (κ3) is 6.20. The van der Waals surface area contributed by atoms with E-state index < -0.39 is 6.04 Å². The predicted molar refractivity (Wildman–Crippen MR) is 140 cm³/mol. The molecule has 8 heteroatoms. The number of amides is 2. The number of carbonyl (C=O) groups excluding carboxylic acids is 2. The summed E-state index contributed by atoms with van der Waals surface area (Å²) in [6.45, 7) is 7.62. The van der Waals surface area contributed by atoms with Crippen LogP contribution >= 0.6 is 0 Å². The molecule has 37 heavy (non-hydrogen) atoms. The Hall–Kier alpha value is -2.81. The molecule has 0 saturated carbocycles. The Balaban J connectivity index is 1.40. The lowest BCUT2D eigenvalue weighted by molar-refractivity contribution is -0.135. The Labute approximate surface area is 218 Å². The first-order valence-corrected chi connectivity index (χ1v) is 13.4. The van der Waals surface area contributed by atoms with Gasteiger partial charge in [0, 0.05) is 64.0 Å². The number of rotatable bonds is 7. The summed E-state index contributed by atoms with van der Waals surface area (Å²) in [5.41, 5.74) is 2.83. The second-order valence-corrected chi connectivity index (χ2v) is 10.5. The van der Waals surface area contributed by atoms with Crippen LogP contribution in [0.1, 0.15) is 40.7 Å². The molecular weight excluding hydrogens is 471 g/mol. The molecule has 3 atom stereocenters. The highest BCUT2D eigenvalue weighted by molar-refractivity contribution is 5.98. The largest absolute Gasteiger partial charge is 0.377 e. The molecule has 2 aromatic carbocycles. The molecule has 0 spiro atoms. The Kier molecular flexibility index (Phi) is 8.17. The summed E-state index contributed by atoms with van der Waals surface area (Å²) in [5.74, 6) is -0.597. The Bertz CT molecular complexity index is 1070. The van der Waals surface area contributed by atoms with Crippen LogP contribution in [0.25, 0.3) is 0 Å². The third-order valence-corrected chi connectivity index (χ3v) is 7.83. The van der Waals surface area contributed by atoms with Gasteiger partial charge in [-0.3, -0.25) is 14.5 Å². The van der Waals surface area contributed by atoms with Crippen LogP contribution in [-0.4, -0.2) is 90.6 Å². The Morgan fingerprint density at radius 1 is 1.08 bits per heavy atom. The van der Waals surface area contributed by atoms with E-state index in [-0.39, 0.29) is 29.8 Å². The number of ether oxygens (including phenoxy) is 1. The lowest BCUT2D eigenvalue weighted by Crippen LogP contribution is -2.53. The van der Waals surface area contributed by atoms with E-state index in [4.69, 9.17) is 4.74 Å². The molecule has 3 saturated heterocycles. The second-order valence-electron chi connectivity index (χ2n) is 10.5. The van der Waals surface area contributed by atoms with Crippen LogP contribution in [0, 0.1) is 12.7 Å². The number of nitrogens with one attached hydrogen (secondary N) is 1. The van der Waals surface area contributed by atoms with Gasteiger partial charge in [-0.25, -0.2) is 4.39 Å². The lowest BCUT2D eigenvalue weighted by Gasteiger charge is -2.32.